The minimum absolute atomic E-state index is 0.638. The van der Waals surface area contributed by atoms with Gasteiger partial charge in [0.25, 0.3) is 0 Å². The van der Waals surface area contributed by atoms with Crippen LogP contribution in [-0.4, -0.2) is 55.7 Å². The van der Waals surface area contributed by atoms with E-state index in [4.69, 9.17) is 9.73 Å². The molecule has 0 atom stereocenters. The molecule has 0 radical (unpaired) electrons. The number of benzene rings is 1. The number of piperazine rings is 1. The van der Waals surface area contributed by atoms with E-state index in [1.807, 2.05) is 18.3 Å². The number of pyridine rings is 1. The van der Waals surface area contributed by atoms with Crippen molar-refractivity contribution in [2.24, 2.45) is 4.99 Å². The highest BCUT2D eigenvalue weighted by Crippen LogP contribution is 2.19. The lowest BCUT2D eigenvalue weighted by atomic mass is 10.1. The van der Waals surface area contributed by atoms with E-state index in [2.05, 4.69) is 58.2 Å². The van der Waals surface area contributed by atoms with Gasteiger partial charge in [0.2, 0.25) is 0 Å². The van der Waals surface area contributed by atoms with Crippen LogP contribution in [-0.2, 0) is 6.54 Å². The van der Waals surface area contributed by atoms with Crippen molar-refractivity contribution in [1.29, 1.82) is 0 Å². The smallest absolute Gasteiger partial charge is 0.194 e. The van der Waals surface area contributed by atoms with Crippen molar-refractivity contribution < 1.29 is 4.74 Å². The number of nitrogens with one attached hydrogen (secondary N) is 1. The van der Waals surface area contributed by atoms with Crippen LogP contribution in [0.15, 0.2) is 47.6 Å². The Labute approximate surface area is 161 Å². The zero-order valence-corrected chi connectivity index (χ0v) is 16.5. The second kappa shape index (κ2) is 9.26. The first-order chi connectivity index (χ1) is 13.2. The molecule has 6 heteroatoms. The molecule has 0 aliphatic carbocycles. The lowest BCUT2D eigenvalue weighted by molar-refractivity contribution is 0.371. The number of aromatic nitrogens is 1. The molecule has 3 rings (SSSR count). The van der Waals surface area contributed by atoms with E-state index in [-0.39, 0.29) is 0 Å². The number of hydrogen-bond donors (Lipinski definition) is 1. The van der Waals surface area contributed by atoms with Gasteiger partial charge in [-0.1, -0.05) is 18.2 Å². The SMILES string of the molecule is CCNC(=NCc1ccc(C)c(OC)c1)N1CCN(c2ccccn2)CC1. The van der Waals surface area contributed by atoms with Crippen molar-refractivity contribution in [2.75, 3.05) is 44.7 Å². The van der Waals surface area contributed by atoms with Crippen LogP contribution in [0.5, 0.6) is 5.75 Å². The Morgan fingerprint density at radius 1 is 1.19 bits per heavy atom. The minimum Gasteiger partial charge on any atom is -0.496 e. The second-order valence-electron chi connectivity index (χ2n) is 6.64. The van der Waals surface area contributed by atoms with Crippen LogP contribution in [0.4, 0.5) is 5.82 Å². The number of anilines is 1. The molecule has 1 N–H and O–H groups in total. The van der Waals surface area contributed by atoms with Crippen molar-refractivity contribution in [1.82, 2.24) is 15.2 Å². The molecule has 2 heterocycles. The standard InChI is InChI=1S/C21H29N5O/c1-4-22-21(24-16-18-9-8-17(2)19(15-18)27-3)26-13-11-25(12-14-26)20-7-5-6-10-23-20/h5-10,15H,4,11-14,16H2,1-3H3,(H,22,24). The Balaban J connectivity index is 1.64. The molecule has 0 amide bonds. The molecule has 1 aromatic heterocycles. The molecule has 0 spiro atoms. The number of nitrogens with zero attached hydrogens (tertiary/aromatic N) is 4. The third kappa shape index (κ3) is 4.90. The Morgan fingerprint density at radius 3 is 2.67 bits per heavy atom. The number of aliphatic imine (C=N–C) groups is 1. The van der Waals surface area contributed by atoms with Gasteiger partial charge in [-0.3, -0.25) is 0 Å². The third-order valence-electron chi connectivity index (χ3n) is 4.77. The van der Waals surface area contributed by atoms with Crippen LogP contribution >= 0.6 is 0 Å². The van der Waals surface area contributed by atoms with Crippen molar-refractivity contribution in [3.63, 3.8) is 0 Å². The third-order valence-corrected chi connectivity index (χ3v) is 4.77. The first kappa shape index (κ1) is 19.0. The summed E-state index contributed by atoms with van der Waals surface area (Å²) in [6, 6.07) is 12.3. The van der Waals surface area contributed by atoms with Gasteiger partial charge in [0.1, 0.15) is 11.6 Å². The molecule has 2 aromatic rings. The molecule has 0 unspecified atom stereocenters. The molecule has 27 heavy (non-hydrogen) atoms. The van der Waals surface area contributed by atoms with Crippen LogP contribution < -0.4 is 15.0 Å². The fourth-order valence-corrected chi connectivity index (χ4v) is 3.24. The zero-order valence-electron chi connectivity index (χ0n) is 16.5. The van der Waals surface area contributed by atoms with Gasteiger partial charge < -0.3 is 19.9 Å². The van der Waals surface area contributed by atoms with Gasteiger partial charge in [0.15, 0.2) is 5.96 Å². The van der Waals surface area contributed by atoms with E-state index in [1.54, 1.807) is 7.11 Å². The summed E-state index contributed by atoms with van der Waals surface area (Å²) in [5.41, 5.74) is 2.29. The van der Waals surface area contributed by atoms with E-state index < -0.39 is 0 Å². The van der Waals surface area contributed by atoms with Gasteiger partial charge in [-0.2, -0.15) is 0 Å². The normalized spacial score (nSPS) is 15.0. The lowest BCUT2D eigenvalue weighted by Crippen LogP contribution is -2.52. The van der Waals surface area contributed by atoms with Crippen LogP contribution in [0.1, 0.15) is 18.1 Å². The highest BCUT2D eigenvalue weighted by atomic mass is 16.5. The molecule has 0 bridgehead atoms. The summed E-state index contributed by atoms with van der Waals surface area (Å²) in [6.07, 6.45) is 1.85. The number of hydrogen-bond acceptors (Lipinski definition) is 4. The molecule has 1 fully saturated rings. The summed E-state index contributed by atoms with van der Waals surface area (Å²) >= 11 is 0. The van der Waals surface area contributed by atoms with E-state index in [9.17, 15) is 0 Å². The maximum atomic E-state index is 5.42. The summed E-state index contributed by atoms with van der Waals surface area (Å²) in [4.78, 5) is 14.0. The number of guanidine groups is 1. The summed E-state index contributed by atoms with van der Waals surface area (Å²) in [5, 5.41) is 3.43. The zero-order chi connectivity index (χ0) is 19.1. The molecule has 1 aliphatic rings. The van der Waals surface area contributed by atoms with Crippen molar-refractivity contribution in [3.05, 3.63) is 53.7 Å². The molecule has 6 nitrogen and oxygen atoms in total. The van der Waals surface area contributed by atoms with Crippen molar-refractivity contribution >= 4 is 11.8 Å². The average molecular weight is 367 g/mol. The number of aryl methyl sites for hydroxylation is 1. The second-order valence-corrected chi connectivity index (χ2v) is 6.64. The molecular formula is C21H29N5O. The summed E-state index contributed by atoms with van der Waals surface area (Å²) in [5.74, 6) is 2.93. The predicted octanol–water partition coefficient (Wildman–Crippen LogP) is 2.69. The topological polar surface area (TPSA) is 53.0 Å². The van der Waals surface area contributed by atoms with Crippen molar-refractivity contribution in [2.45, 2.75) is 20.4 Å². The van der Waals surface area contributed by atoms with E-state index >= 15 is 0 Å². The minimum atomic E-state index is 0.638. The molecule has 144 valence electrons. The molecule has 1 aliphatic heterocycles. The van der Waals surface area contributed by atoms with Crippen LogP contribution in [0.25, 0.3) is 0 Å². The number of methoxy groups -OCH3 is 1. The number of ether oxygens (including phenoxy) is 1. The fraction of sp³-hybridized carbons (Fsp3) is 0.429. The van der Waals surface area contributed by atoms with Gasteiger partial charge >= 0.3 is 0 Å². The van der Waals surface area contributed by atoms with Gasteiger partial charge in [-0.05, 0) is 43.2 Å². The Hall–Kier alpha value is -2.76. The Kier molecular flexibility index (Phi) is 6.52. The molecule has 1 saturated heterocycles. The molecule has 1 aromatic carbocycles. The van der Waals surface area contributed by atoms with E-state index in [1.165, 1.54) is 0 Å². The fourth-order valence-electron chi connectivity index (χ4n) is 3.24. The highest BCUT2D eigenvalue weighted by molar-refractivity contribution is 5.80. The largest absolute Gasteiger partial charge is 0.496 e. The van der Waals surface area contributed by atoms with Crippen LogP contribution in [0.2, 0.25) is 0 Å². The monoisotopic (exact) mass is 367 g/mol. The predicted molar refractivity (Wildman–Crippen MR) is 111 cm³/mol. The van der Waals surface area contributed by atoms with Crippen molar-refractivity contribution in [3.8, 4) is 5.75 Å². The Morgan fingerprint density at radius 2 is 2.00 bits per heavy atom. The van der Waals surface area contributed by atoms with Gasteiger partial charge in [-0.15, -0.1) is 0 Å². The first-order valence-electron chi connectivity index (χ1n) is 9.54. The highest BCUT2D eigenvalue weighted by Gasteiger charge is 2.20. The van der Waals surface area contributed by atoms with E-state index in [0.29, 0.717) is 6.54 Å². The van der Waals surface area contributed by atoms with Crippen LogP contribution in [0.3, 0.4) is 0 Å². The summed E-state index contributed by atoms with van der Waals surface area (Å²) < 4.78 is 5.42. The Bertz CT molecular complexity index is 754. The van der Waals surface area contributed by atoms with Gasteiger partial charge in [0.05, 0.1) is 13.7 Å². The van der Waals surface area contributed by atoms with Gasteiger partial charge in [0, 0.05) is 38.9 Å². The van der Waals surface area contributed by atoms with E-state index in [0.717, 1.165) is 61.4 Å². The maximum Gasteiger partial charge on any atom is 0.194 e. The quantitative estimate of drug-likeness (QED) is 0.650. The summed E-state index contributed by atoms with van der Waals surface area (Å²) in [7, 11) is 1.71. The van der Waals surface area contributed by atoms with Crippen LogP contribution in [0, 0.1) is 6.92 Å². The first-order valence-corrected chi connectivity index (χ1v) is 9.54. The number of rotatable bonds is 5. The average Bonchev–Trinajstić information content (AvgIpc) is 2.73. The molecule has 0 saturated carbocycles. The summed E-state index contributed by atoms with van der Waals surface area (Å²) in [6.45, 7) is 9.40. The van der Waals surface area contributed by atoms with Gasteiger partial charge in [-0.25, -0.2) is 9.98 Å². The lowest BCUT2D eigenvalue weighted by Gasteiger charge is -2.37. The molecular weight excluding hydrogens is 338 g/mol. The maximum absolute atomic E-state index is 5.42.